The Hall–Kier alpha value is -0.610. The summed E-state index contributed by atoms with van der Waals surface area (Å²) in [5, 5.41) is 3.10. The van der Waals surface area contributed by atoms with Gasteiger partial charge in [0.15, 0.2) is 0 Å². The van der Waals surface area contributed by atoms with Gasteiger partial charge in [-0.2, -0.15) is 0 Å². The number of hydrazine groups is 1. The third-order valence-electron chi connectivity index (χ3n) is 3.66. The van der Waals surface area contributed by atoms with Gasteiger partial charge in [-0.05, 0) is 36.5 Å². The molecule has 1 saturated heterocycles. The van der Waals surface area contributed by atoms with Crippen molar-refractivity contribution < 1.29 is 4.74 Å². The van der Waals surface area contributed by atoms with E-state index in [1.807, 2.05) is 12.1 Å². The molecular weight excluding hydrogens is 248 g/mol. The van der Waals surface area contributed by atoms with Crippen LogP contribution in [0.1, 0.15) is 24.4 Å². The molecule has 0 amide bonds. The molecule has 1 aliphatic carbocycles. The molecule has 0 aromatic heterocycles. The lowest BCUT2D eigenvalue weighted by molar-refractivity contribution is 0.00132. The predicted molar refractivity (Wildman–Crippen MR) is 72.4 cm³/mol. The van der Waals surface area contributed by atoms with E-state index in [1.54, 1.807) is 0 Å². The van der Waals surface area contributed by atoms with E-state index in [1.165, 1.54) is 18.4 Å². The molecule has 0 spiro atoms. The van der Waals surface area contributed by atoms with Gasteiger partial charge in [-0.15, -0.1) is 0 Å². The van der Waals surface area contributed by atoms with E-state index in [2.05, 4.69) is 22.6 Å². The molecule has 0 bridgehead atoms. The summed E-state index contributed by atoms with van der Waals surface area (Å²) in [6, 6.07) is 8.67. The Morgan fingerprint density at radius 2 is 1.83 bits per heavy atom. The van der Waals surface area contributed by atoms with Gasteiger partial charge < -0.3 is 4.74 Å². The molecule has 1 aromatic carbocycles. The maximum absolute atomic E-state index is 5.96. The molecule has 1 saturated carbocycles. The fourth-order valence-electron chi connectivity index (χ4n) is 2.44. The molecule has 98 valence electrons. The summed E-state index contributed by atoms with van der Waals surface area (Å²) >= 11 is 5.96. The Labute approximate surface area is 113 Å². The minimum atomic E-state index is 0.431. The Bertz CT molecular complexity index is 385. The van der Waals surface area contributed by atoms with E-state index < -0.39 is 0 Å². The fraction of sp³-hybridized carbons (Fsp3) is 0.571. The van der Waals surface area contributed by atoms with Gasteiger partial charge >= 0.3 is 0 Å². The number of nitrogens with zero attached hydrogens (tertiary/aromatic N) is 1. The van der Waals surface area contributed by atoms with Gasteiger partial charge in [0.2, 0.25) is 0 Å². The van der Waals surface area contributed by atoms with Gasteiger partial charge in [0.1, 0.15) is 0 Å². The van der Waals surface area contributed by atoms with Crippen molar-refractivity contribution in [3.63, 3.8) is 0 Å². The van der Waals surface area contributed by atoms with Crippen LogP contribution in [0.5, 0.6) is 0 Å². The topological polar surface area (TPSA) is 24.5 Å². The largest absolute Gasteiger partial charge is 0.379 e. The van der Waals surface area contributed by atoms with Crippen LogP contribution in [0.3, 0.4) is 0 Å². The zero-order chi connectivity index (χ0) is 12.4. The minimum Gasteiger partial charge on any atom is -0.379 e. The van der Waals surface area contributed by atoms with Crippen LogP contribution < -0.4 is 5.43 Å². The summed E-state index contributed by atoms with van der Waals surface area (Å²) in [6.07, 6.45) is 2.65. The number of hydrogen-bond donors (Lipinski definition) is 1. The summed E-state index contributed by atoms with van der Waals surface area (Å²) in [7, 11) is 0. The van der Waals surface area contributed by atoms with Gasteiger partial charge in [-0.25, -0.2) is 10.4 Å². The van der Waals surface area contributed by atoms with Crippen molar-refractivity contribution >= 4 is 11.6 Å². The number of benzene rings is 1. The standard InChI is InChI=1S/C14H19ClN2O/c15-13-5-3-12(4-6-13)14(11-1-2-11)16-17-7-9-18-10-8-17/h3-6,11,14,16H,1-2,7-10H2. The second-order valence-corrected chi connectivity index (χ2v) is 5.53. The number of nitrogens with one attached hydrogen (secondary N) is 1. The summed E-state index contributed by atoms with van der Waals surface area (Å²) < 4.78 is 5.38. The molecule has 1 atom stereocenters. The minimum absolute atomic E-state index is 0.431. The van der Waals surface area contributed by atoms with Crippen LogP contribution in [0.25, 0.3) is 0 Å². The van der Waals surface area contributed by atoms with E-state index in [0.717, 1.165) is 37.2 Å². The van der Waals surface area contributed by atoms with Gasteiger partial charge in [0.25, 0.3) is 0 Å². The van der Waals surface area contributed by atoms with Crippen molar-refractivity contribution in [1.29, 1.82) is 0 Å². The summed E-state index contributed by atoms with van der Waals surface area (Å²) in [5.74, 6) is 0.772. The van der Waals surface area contributed by atoms with E-state index in [4.69, 9.17) is 16.3 Å². The lowest BCUT2D eigenvalue weighted by Crippen LogP contribution is -2.47. The molecule has 0 radical (unpaired) electrons. The van der Waals surface area contributed by atoms with Crippen molar-refractivity contribution in [2.24, 2.45) is 5.92 Å². The SMILES string of the molecule is Clc1ccc(C(NN2CCOCC2)C2CC2)cc1. The van der Waals surface area contributed by atoms with Crippen LogP contribution in [0.4, 0.5) is 0 Å². The van der Waals surface area contributed by atoms with E-state index in [-0.39, 0.29) is 0 Å². The first-order valence-electron chi connectivity index (χ1n) is 6.67. The molecule has 2 aliphatic rings. The summed E-state index contributed by atoms with van der Waals surface area (Å²) in [5.41, 5.74) is 5.00. The lowest BCUT2D eigenvalue weighted by atomic mass is 10.0. The molecule has 18 heavy (non-hydrogen) atoms. The highest BCUT2D eigenvalue weighted by Crippen LogP contribution is 2.41. The number of halogens is 1. The normalized spacial score (nSPS) is 22.9. The molecule has 1 N–H and O–H groups in total. The highest BCUT2D eigenvalue weighted by Gasteiger charge is 2.33. The van der Waals surface area contributed by atoms with Crippen LogP contribution in [0, 0.1) is 5.92 Å². The average Bonchev–Trinajstić information content (AvgIpc) is 3.23. The fourth-order valence-corrected chi connectivity index (χ4v) is 2.57. The number of morpholine rings is 1. The maximum Gasteiger partial charge on any atom is 0.0608 e. The third kappa shape index (κ3) is 3.04. The molecule has 1 heterocycles. The first-order chi connectivity index (χ1) is 8.83. The van der Waals surface area contributed by atoms with E-state index >= 15 is 0 Å². The quantitative estimate of drug-likeness (QED) is 0.907. The zero-order valence-electron chi connectivity index (χ0n) is 10.4. The van der Waals surface area contributed by atoms with Crippen LogP contribution in [-0.4, -0.2) is 31.3 Å². The number of rotatable bonds is 4. The Morgan fingerprint density at radius 1 is 1.17 bits per heavy atom. The summed E-state index contributed by atoms with van der Waals surface area (Å²) in [6.45, 7) is 3.59. The maximum atomic E-state index is 5.96. The van der Waals surface area contributed by atoms with Gasteiger partial charge in [0, 0.05) is 24.2 Å². The molecule has 1 unspecified atom stereocenters. The Morgan fingerprint density at radius 3 is 2.44 bits per heavy atom. The lowest BCUT2D eigenvalue weighted by Gasteiger charge is -2.32. The Kier molecular flexibility index (Phi) is 3.85. The average molecular weight is 267 g/mol. The first-order valence-corrected chi connectivity index (χ1v) is 7.05. The van der Waals surface area contributed by atoms with E-state index in [9.17, 15) is 0 Å². The Balaban J connectivity index is 1.69. The van der Waals surface area contributed by atoms with E-state index in [0.29, 0.717) is 6.04 Å². The molecule has 3 rings (SSSR count). The summed E-state index contributed by atoms with van der Waals surface area (Å²) in [4.78, 5) is 0. The van der Waals surface area contributed by atoms with Crippen LogP contribution in [-0.2, 0) is 4.74 Å². The second-order valence-electron chi connectivity index (χ2n) is 5.10. The smallest absolute Gasteiger partial charge is 0.0608 e. The zero-order valence-corrected chi connectivity index (χ0v) is 11.2. The molecule has 2 fully saturated rings. The number of ether oxygens (including phenoxy) is 1. The second kappa shape index (κ2) is 5.57. The molecule has 4 heteroatoms. The molecule has 1 aliphatic heterocycles. The van der Waals surface area contributed by atoms with Gasteiger partial charge in [-0.1, -0.05) is 23.7 Å². The predicted octanol–water partition coefficient (Wildman–Crippen LogP) is 2.63. The van der Waals surface area contributed by atoms with Crippen LogP contribution in [0.15, 0.2) is 24.3 Å². The van der Waals surface area contributed by atoms with Crippen LogP contribution >= 0.6 is 11.6 Å². The molecule has 1 aromatic rings. The third-order valence-corrected chi connectivity index (χ3v) is 3.91. The van der Waals surface area contributed by atoms with Gasteiger partial charge in [-0.3, -0.25) is 0 Å². The van der Waals surface area contributed by atoms with Crippen molar-refractivity contribution in [2.45, 2.75) is 18.9 Å². The first kappa shape index (κ1) is 12.4. The molecular formula is C14H19ClN2O. The highest BCUT2D eigenvalue weighted by atomic mass is 35.5. The monoisotopic (exact) mass is 266 g/mol. The molecule has 3 nitrogen and oxygen atoms in total. The number of hydrogen-bond acceptors (Lipinski definition) is 3. The van der Waals surface area contributed by atoms with Crippen molar-refractivity contribution in [1.82, 2.24) is 10.4 Å². The van der Waals surface area contributed by atoms with Crippen molar-refractivity contribution in [3.8, 4) is 0 Å². The van der Waals surface area contributed by atoms with Crippen molar-refractivity contribution in [3.05, 3.63) is 34.9 Å². The van der Waals surface area contributed by atoms with Gasteiger partial charge in [0.05, 0.1) is 13.2 Å². The van der Waals surface area contributed by atoms with Crippen molar-refractivity contribution in [2.75, 3.05) is 26.3 Å². The highest BCUT2D eigenvalue weighted by molar-refractivity contribution is 6.30. The van der Waals surface area contributed by atoms with Crippen LogP contribution in [0.2, 0.25) is 5.02 Å².